The lowest BCUT2D eigenvalue weighted by Crippen LogP contribution is -2.56. The Morgan fingerprint density at radius 2 is 2.19 bits per heavy atom. The largest absolute Gasteiger partial charge is 0.462 e. The van der Waals surface area contributed by atoms with Gasteiger partial charge >= 0.3 is 5.97 Å². The first kappa shape index (κ1) is 19.4. The molecule has 0 aliphatic carbocycles. The van der Waals surface area contributed by atoms with Crippen molar-refractivity contribution in [2.75, 3.05) is 24.6 Å². The number of rotatable bonds is 3. The van der Waals surface area contributed by atoms with E-state index >= 15 is 0 Å². The van der Waals surface area contributed by atoms with Crippen molar-refractivity contribution in [3.63, 3.8) is 0 Å². The Hall–Kier alpha value is -1.55. The van der Waals surface area contributed by atoms with E-state index < -0.39 is 5.97 Å². The predicted molar refractivity (Wildman–Crippen MR) is 84.3 cm³/mol. The molecule has 0 atom stereocenters. The van der Waals surface area contributed by atoms with Crippen LogP contribution in [0.4, 0.5) is 5.82 Å². The Kier molecular flexibility index (Phi) is 7.44. The van der Waals surface area contributed by atoms with Gasteiger partial charge in [-0.05, 0) is 19.9 Å². The summed E-state index contributed by atoms with van der Waals surface area (Å²) >= 11 is 0. The summed E-state index contributed by atoms with van der Waals surface area (Å²) in [5.74, 6) is 0.144. The van der Waals surface area contributed by atoms with Crippen molar-refractivity contribution >= 4 is 36.6 Å². The molecule has 8 heteroatoms. The highest BCUT2D eigenvalue weighted by atomic mass is 35.5. The third kappa shape index (κ3) is 3.97. The minimum atomic E-state index is -0.448. The Labute approximate surface area is 136 Å². The van der Waals surface area contributed by atoms with Crippen LogP contribution in [0.25, 0.3) is 0 Å². The molecule has 0 saturated carbocycles. The Bertz CT molecular complexity index is 554. The molecule has 0 aromatic carbocycles. The van der Waals surface area contributed by atoms with Crippen molar-refractivity contribution in [3.05, 3.63) is 22.9 Å². The number of aryl methyl sites for hydroxylation is 1. The number of ether oxygens (including phenoxy) is 1. The van der Waals surface area contributed by atoms with Gasteiger partial charge in [0.1, 0.15) is 11.9 Å². The number of nitrogens with two attached hydrogens (primary N) is 1. The van der Waals surface area contributed by atoms with E-state index in [9.17, 15) is 10.1 Å². The zero-order valence-corrected chi connectivity index (χ0v) is 13.5. The number of halogens is 2. The van der Waals surface area contributed by atoms with E-state index in [4.69, 9.17) is 10.5 Å². The van der Waals surface area contributed by atoms with E-state index in [-0.39, 0.29) is 30.9 Å². The van der Waals surface area contributed by atoms with E-state index in [2.05, 4.69) is 11.1 Å². The van der Waals surface area contributed by atoms with Crippen LogP contribution in [0.15, 0.2) is 6.07 Å². The minimum absolute atomic E-state index is 0. The Balaban J connectivity index is 0.00000200. The third-order valence-electron chi connectivity index (χ3n) is 3.02. The summed E-state index contributed by atoms with van der Waals surface area (Å²) in [4.78, 5) is 18.0. The van der Waals surface area contributed by atoms with Crippen LogP contribution in [0.2, 0.25) is 0 Å². The van der Waals surface area contributed by atoms with Gasteiger partial charge in [0, 0.05) is 19.1 Å². The zero-order chi connectivity index (χ0) is 14.0. The minimum Gasteiger partial charge on any atom is -0.462 e. The molecule has 1 fully saturated rings. The number of pyridine rings is 1. The monoisotopic (exact) mass is 332 g/mol. The summed E-state index contributed by atoms with van der Waals surface area (Å²) in [6, 6.07) is 3.74. The number of hydrogen-bond donors (Lipinski definition) is 1. The summed E-state index contributed by atoms with van der Waals surface area (Å²) in [5, 5.41) is 9.18. The van der Waals surface area contributed by atoms with Crippen LogP contribution in [0.1, 0.15) is 28.5 Å². The summed E-state index contributed by atoms with van der Waals surface area (Å²) < 4.78 is 4.94. The van der Waals surface area contributed by atoms with Crippen molar-refractivity contribution in [3.8, 4) is 6.07 Å². The number of nitrogens with zero attached hydrogens (tertiary/aromatic N) is 3. The van der Waals surface area contributed by atoms with Crippen LogP contribution in [-0.2, 0) is 4.74 Å². The number of nitriles is 1. The highest BCUT2D eigenvalue weighted by Gasteiger charge is 2.27. The number of hydrogen-bond acceptors (Lipinski definition) is 6. The molecule has 2 N–H and O–H groups in total. The molecule has 2 rings (SSSR count). The second-order valence-corrected chi connectivity index (χ2v) is 4.49. The van der Waals surface area contributed by atoms with Crippen LogP contribution in [-0.4, -0.2) is 36.7 Å². The predicted octanol–water partition coefficient (Wildman–Crippen LogP) is 1.43. The molecule has 2 heterocycles. The first-order valence-electron chi connectivity index (χ1n) is 6.16. The molecule has 21 heavy (non-hydrogen) atoms. The summed E-state index contributed by atoms with van der Waals surface area (Å²) in [7, 11) is 0. The maximum absolute atomic E-state index is 11.7. The normalized spacial score (nSPS) is 13.3. The Morgan fingerprint density at radius 1 is 1.57 bits per heavy atom. The molecule has 1 aliphatic heterocycles. The summed E-state index contributed by atoms with van der Waals surface area (Å²) in [6.45, 7) is 5.13. The van der Waals surface area contributed by atoms with E-state index in [1.54, 1.807) is 19.9 Å². The van der Waals surface area contributed by atoms with Crippen LogP contribution < -0.4 is 10.6 Å². The standard InChI is InChI=1S/C13H16N4O2.2ClH/c1-3-19-13(18)11-4-9(5-14)12(16-8(11)2)17-6-10(15)7-17;;/h4,10H,3,6-7,15H2,1-2H3;2*1H. The molecule has 6 nitrogen and oxygen atoms in total. The van der Waals surface area contributed by atoms with Gasteiger partial charge in [0.05, 0.1) is 23.4 Å². The molecule has 0 unspecified atom stereocenters. The smallest absolute Gasteiger partial charge is 0.340 e. The highest BCUT2D eigenvalue weighted by Crippen LogP contribution is 2.24. The molecule has 0 bridgehead atoms. The number of esters is 1. The van der Waals surface area contributed by atoms with Gasteiger partial charge in [-0.3, -0.25) is 0 Å². The van der Waals surface area contributed by atoms with Gasteiger partial charge in [0.15, 0.2) is 0 Å². The molecule has 1 aliphatic rings. The Morgan fingerprint density at radius 3 is 2.67 bits per heavy atom. The fourth-order valence-corrected chi connectivity index (χ4v) is 2.02. The van der Waals surface area contributed by atoms with Gasteiger partial charge in [0.2, 0.25) is 0 Å². The van der Waals surface area contributed by atoms with Gasteiger partial charge in [-0.25, -0.2) is 9.78 Å². The molecular formula is C13H18Cl2N4O2. The number of anilines is 1. The van der Waals surface area contributed by atoms with Crippen molar-refractivity contribution in [1.29, 1.82) is 5.26 Å². The van der Waals surface area contributed by atoms with Crippen molar-refractivity contribution < 1.29 is 9.53 Å². The van der Waals surface area contributed by atoms with Crippen molar-refractivity contribution in [1.82, 2.24) is 4.98 Å². The van der Waals surface area contributed by atoms with Gasteiger partial charge in [0.25, 0.3) is 0 Å². The number of carbonyl (C=O) groups excluding carboxylic acids is 1. The van der Waals surface area contributed by atoms with Crippen LogP contribution in [0, 0.1) is 18.3 Å². The van der Waals surface area contributed by atoms with E-state index in [0.29, 0.717) is 42.3 Å². The molecule has 116 valence electrons. The molecule has 0 radical (unpaired) electrons. The number of aromatic nitrogens is 1. The van der Waals surface area contributed by atoms with Crippen LogP contribution in [0.5, 0.6) is 0 Å². The lowest BCUT2D eigenvalue weighted by molar-refractivity contribution is 0.0525. The maximum Gasteiger partial charge on any atom is 0.340 e. The zero-order valence-electron chi connectivity index (χ0n) is 11.8. The fourth-order valence-electron chi connectivity index (χ4n) is 2.02. The average Bonchev–Trinajstić information content (AvgIpc) is 2.35. The van der Waals surface area contributed by atoms with Crippen molar-refractivity contribution in [2.45, 2.75) is 19.9 Å². The molecular weight excluding hydrogens is 315 g/mol. The quantitative estimate of drug-likeness (QED) is 0.841. The SMILES string of the molecule is CCOC(=O)c1cc(C#N)c(N2CC(N)C2)nc1C.Cl.Cl. The van der Waals surface area contributed by atoms with Gasteiger partial charge in [-0.2, -0.15) is 5.26 Å². The number of carbonyl (C=O) groups is 1. The molecule has 0 amide bonds. The summed E-state index contributed by atoms with van der Waals surface area (Å²) in [6.07, 6.45) is 0. The average molecular weight is 333 g/mol. The lowest BCUT2D eigenvalue weighted by Gasteiger charge is -2.38. The summed E-state index contributed by atoms with van der Waals surface area (Å²) in [5.41, 5.74) is 7.01. The van der Waals surface area contributed by atoms with Crippen molar-refractivity contribution in [2.24, 2.45) is 5.73 Å². The van der Waals surface area contributed by atoms with E-state index in [1.807, 2.05) is 4.90 Å². The van der Waals surface area contributed by atoms with E-state index in [1.165, 1.54) is 0 Å². The highest BCUT2D eigenvalue weighted by molar-refractivity contribution is 5.91. The van der Waals surface area contributed by atoms with Gasteiger partial charge in [-0.1, -0.05) is 0 Å². The lowest BCUT2D eigenvalue weighted by atomic mass is 10.1. The molecule has 1 saturated heterocycles. The second kappa shape index (κ2) is 8.03. The van der Waals surface area contributed by atoms with E-state index in [0.717, 1.165) is 0 Å². The van der Waals surface area contributed by atoms with Gasteiger partial charge < -0.3 is 15.4 Å². The molecule has 1 aromatic rings. The topological polar surface area (TPSA) is 92.2 Å². The fraction of sp³-hybridized carbons (Fsp3) is 0.462. The van der Waals surface area contributed by atoms with Crippen LogP contribution >= 0.6 is 24.8 Å². The third-order valence-corrected chi connectivity index (χ3v) is 3.02. The molecule has 0 spiro atoms. The van der Waals surface area contributed by atoms with Crippen LogP contribution in [0.3, 0.4) is 0 Å². The molecule has 1 aromatic heterocycles. The first-order valence-corrected chi connectivity index (χ1v) is 6.16. The maximum atomic E-state index is 11.7. The van der Waals surface area contributed by atoms with Gasteiger partial charge in [-0.15, -0.1) is 24.8 Å². The first-order chi connectivity index (χ1) is 9.06. The second-order valence-electron chi connectivity index (χ2n) is 4.49.